The first-order chi connectivity index (χ1) is 11.8. The van der Waals surface area contributed by atoms with E-state index in [9.17, 15) is 0 Å². The normalized spacial score (nSPS) is 25.2. The van der Waals surface area contributed by atoms with Crippen LogP contribution in [0.4, 0.5) is 0 Å². The standard InChI is InChI=1S/C22H32ClN/c23-22-13-11-21(12-14-22)18-24(17-20-9-5-2-6-10-20)16-15-19-7-3-1-4-8-19/h1,3-4,7-8,11,13,20-22H,2,5-6,9-10,12,14-18H2. The maximum atomic E-state index is 6.21. The molecule has 2 unspecified atom stereocenters. The Hall–Kier alpha value is -0.790. The van der Waals surface area contributed by atoms with Crippen molar-refractivity contribution in [2.45, 2.75) is 56.7 Å². The molecule has 1 aromatic carbocycles. The van der Waals surface area contributed by atoms with Gasteiger partial charge in [0.2, 0.25) is 0 Å². The van der Waals surface area contributed by atoms with Crippen LogP contribution >= 0.6 is 11.6 Å². The van der Waals surface area contributed by atoms with Gasteiger partial charge < -0.3 is 4.90 Å². The summed E-state index contributed by atoms with van der Waals surface area (Å²) >= 11 is 6.21. The van der Waals surface area contributed by atoms with Gasteiger partial charge in [0.05, 0.1) is 5.38 Å². The third-order valence-electron chi connectivity index (χ3n) is 5.70. The smallest absolute Gasteiger partial charge is 0.0516 e. The number of hydrogen-bond donors (Lipinski definition) is 0. The van der Waals surface area contributed by atoms with Crippen molar-refractivity contribution < 1.29 is 0 Å². The molecule has 0 N–H and O–H groups in total. The fourth-order valence-corrected chi connectivity index (χ4v) is 4.46. The number of nitrogens with zero attached hydrogens (tertiary/aromatic N) is 1. The Kier molecular flexibility index (Phi) is 7.23. The average Bonchev–Trinajstić information content (AvgIpc) is 2.63. The van der Waals surface area contributed by atoms with Crippen molar-refractivity contribution in [1.82, 2.24) is 4.90 Å². The summed E-state index contributed by atoms with van der Waals surface area (Å²) in [6, 6.07) is 10.9. The number of allylic oxidation sites excluding steroid dienone is 1. The third kappa shape index (κ3) is 5.93. The Morgan fingerprint density at radius 3 is 2.38 bits per heavy atom. The van der Waals surface area contributed by atoms with E-state index in [4.69, 9.17) is 11.6 Å². The Bertz CT molecular complexity index is 492. The van der Waals surface area contributed by atoms with Gasteiger partial charge in [-0.3, -0.25) is 0 Å². The second-order valence-electron chi connectivity index (χ2n) is 7.74. The summed E-state index contributed by atoms with van der Waals surface area (Å²) in [5.41, 5.74) is 1.46. The van der Waals surface area contributed by atoms with Crippen molar-refractivity contribution in [1.29, 1.82) is 0 Å². The minimum Gasteiger partial charge on any atom is -0.302 e. The van der Waals surface area contributed by atoms with Gasteiger partial charge in [-0.1, -0.05) is 61.7 Å². The van der Waals surface area contributed by atoms with Crippen molar-refractivity contribution in [3.8, 4) is 0 Å². The minimum atomic E-state index is 0.261. The van der Waals surface area contributed by atoms with Gasteiger partial charge in [0.15, 0.2) is 0 Å². The molecule has 2 aliphatic carbocycles. The highest BCUT2D eigenvalue weighted by atomic mass is 35.5. The molecule has 0 spiro atoms. The van der Waals surface area contributed by atoms with E-state index in [0.29, 0.717) is 5.92 Å². The SMILES string of the molecule is ClC1C=CC(CN(CCc2ccccc2)CC2CCCCC2)CC1. The van der Waals surface area contributed by atoms with Crippen LogP contribution in [0.3, 0.4) is 0 Å². The lowest BCUT2D eigenvalue weighted by Crippen LogP contribution is -2.36. The van der Waals surface area contributed by atoms with Crippen LogP contribution in [0.25, 0.3) is 0 Å². The molecule has 0 radical (unpaired) electrons. The number of benzene rings is 1. The van der Waals surface area contributed by atoms with Crippen LogP contribution in [0.2, 0.25) is 0 Å². The van der Waals surface area contributed by atoms with Crippen LogP contribution in [0.5, 0.6) is 0 Å². The van der Waals surface area contributed by atoms with Crippen molar-refractivity contribution in [2.75, 3.05) is 19.6 Å². The Labute approximate surface area is 153 Å². The molecule has 1 aromatic rings. The van der Waals surface area contributed by atoms with E-state index in [2.05, 4.69) is 47.4 Å². The summed E-state index contributed by atoms with van der Waals surface area (Å²) in [4.78, 5) is 2.74. The zero-order valence-electron chi connectivity index (χ0n) is 14.9. The number of halogens is 1. The molecule has 2 heteroatoms. The maximum absolute atomic E-state index is 6.21. The van der Waals surface area contributed by atoms with Gasteiger partial charge in [-0.25, -0.2) is 0 Å². The zero-order valence-corrected chi connectivity index (χ0v) is 15.6. The first-order valence-corrected chi connectivity index (χ1v) is 10.3. The third-order valence-corrected chi connectivity index (χ3v) is 6.06. The van der Waals surface area contributed by atoms with Gasteiger partial charge >= 0.3 is 0 Å². The molecule has 0 bridgehead atoms. The van der Waals surface area contributed by atoms with E-state index in [0.717, 1.165) is 12.3 Å². The highest BCUT2D eigenvalue weighted by Crippen LogP contribution is 2.26. The molecule has 0 heterocycles. The van der Waals surface area contributed by atoms with Crippen molar-refractivity contribution in [3.63, 3.8) is 0 Å². The molecule has 2 atom stereocenters. The summed E-state index contributed by atoms with van der Waals surface area (Å²) in [6.07, 6.45) is 15.3. The largest absolute Gasteiger partial charge is 0.302 e. The van der Waals surface area contributed by atoms with Crippen LogP contribution in [0.15, 0.2) is 42.5 Å². The van der Waals surface area contributed by atoms with Gasteiger partial charge in [0.1, 0.15) is 0 Å². The van der Waals surface area contributed by atoms with E-state index in [1.807, 2.05) is 0 Å². The van der Waals surface area contributed by atoms with Crippen LogP contribution in [0.1, 0.15) is 50.5 Å². The number of rotatable bonds is 7. The molecular weight excluding hydrogens is 314 g/mol. The molecule has 1 nitrogen and oxygen atoms in total. The van der Waals surface area contributed by atoms with E-state index >= 15 is 0 Å². The topological polar surface area (TPSA) is 3.24 Å². The van der Waals surface area contributed by atoms with Crippen molar-refractivity contribution in [3.05, 3.63) is 48.0 Å². The fraction of sp³-hybridized carbons (Fsp3) is 0.636. The molecule has 2 aliphatic rings. The highest BCUT2D eigenvalue weighted by molar-refractivity contribution is 6.21. The summed E-state index contributed by atoms with van der Waals surface area (Å²) in [6.45, 7) is 3.69. The predicted molar refractivity (Wildman–Crippen MR) is 105 cm³/mol. The van der Waals surface area contributed by atoms with Crippen LogP contribution in [-0.4, -0.2) is 29.9 Å². The molecule has 132 valence electrons. The molecule has 0 amide bonds. The van der Waals surface area contributed by atoms with Crippen LogP contribution in [-0.2, 0) is 6.42 Å². The van der Waals surface area contributed by atoms with Crippen molar-refractivity contribution in [2.24, 2.45) is 11.8 Å². The van der Waals surface area contributed by atoms with E-state index in [1.165, 1.54) is 70.1 Å². The quantitative estimate of drug-likeness (QED) is 0.453. The van der Waals surface area contributed by atoms with Crippen LogP contribution in [0, 0.1) is 11.8 Å². The zero-order chi connectivity index (χ0) is 16.6. The van der Waals surface area contributed by atoms with Gasteiger partial charge in [-0.2, -0.15) is 0 Å². The molecular formula is C22H32ClN. The Morgan fingerprint density at radius 1 is 0.875 bits per heavy atom. The van der Waals surface area contributed by atoms with Gasteiger partial charge in [0, 0.05) is 19.6 Å². The van der Waals surface area contributed by atoms with E-state index in [-0.39, 0.29) is 5.38 Å². The lowest BCUT2D eigenvalue weighted by atomic mass is 9.88. The summed E-state index contributed by atoms with van der Waals surface area (Å²) < 4.78 is 0. The second kappa shape index (κ2) is 9.63. The average molecular weight is 346 g/mol. The molecule has 1 fully saturated rings. The Balaban J connectivity index is 1.55. The molecule has 0 aliphatic heterocycles. The lowest BCUT2D eigenvalue weighted by Gasteiger charge is -2.32. The minimum absolute atomic E-state index is 0.261. The van der Waals surface area contributed by atoms with Crippen LogP contribution < -0.4 is 0 Å². The first kappa shape index (κ1) is 18.0. The Morgan fingerprint density at radius 2 is 1.67 bits per heavy atom. The maximum Gasteiger partial charge on any atom is 0.0516 e. The highest BCUT2D eigenvalue weighted by Gasteiger charge is 2.21. The molecule has 24 heavy (non-hydrogen) atoms. The van der Waals surface area contributed by atoms with Gasteiger partial charge in [0.25, 0.3) is 0 Å². The first-order valence-electron chi connectivity index (χ1n) is 9.88. The molecule has 3 rings (SSSR count). The predicted octanol–water partition coefficient (Wildman–Crippen LogP) is 5.69. The molecule has 0 aromatic heterocycles. The second-order valence-corrected chi connectivity index (χ2v) is 8.30. The fourth-order valence-electron chi connectivity index (χ4n) is 4.25. The molecule has 0 saturated heterocycles. The summed E-state index contributed by atoms with van der Waals surface area (Å²) in [5.74, 6) is 1.61. The van der Waals surface area contributed by atoms with Gasteiger partial charge in [-0.15, -0.1) is 11.6 Å². The number of alkyl halides is 1. The monoisotopic (exact) mass is 345 g/mol. The summed E-state index contributed by atoms with van der Waals surface area (Å²) in [5, 5.41) is 0.261. The van der Waals surface area contributed by atoms with Gasteiger partial charge in [-0.05, 0) is 49.5 Å². The number of hydrogen-bond acceptors (Lipinski definition) is 1. The lowest BCUT2D eigenvalue weighted by molar-refractivity contribution is 0.183. The summed E-state index contributed by atoms with van der Waals surface area (Å²) in [7, 11) is 0. The van der Waals surface area contributed by atoms with E-state index < -0.39 is 0 Å². The van der Waals surface area contributed by atoms with E-state index in [1.54, 1.807) is 0 Å². The molecule has 1 saturated carbocycles. The van der Waals surface area contributed by atoms with Crippen molar-refractivity contribution >= 4 is 11.6 Å².